The lowest BCUT2D eigenvalue weighted by atomic mass is 10.1. The van der Waals surface area contributed by atoms with Gasteiger partial charge in [-0.1, -0.05) is 0 Å². The number of hydrogen-bond donors (Lipinski definition) is 1. The molecule has 1 aromatic carbocycles. The highest BCUT2D eigenvalue weighted by Gasteiger charge is 2.33. The molecular formula is C15H13N3O4S2. The van der Waals surface area contributed by atoms with Gasteiger partial charge in [0.2, 0.25) is 0 Å². The smallest absolute Gasteiger partial charge is 0.257 e. The molecule has 0 unspecified atom stereocenters. The Morgan fingerprint density at radius 1 is 1.38 bits per heavy atom. The monoisotopic (exact) mass is 363 g/mol. The molecule has 2 aliphatic heterocycles. The van der Waals surface area contributed by atoms with Gasteiger partial charge in [0.25, 0.3) is 15.9 Å². The predicted molar refractivity (Wildman–Crippen MR) is 90.7 cm³/mol. The molecule has 0 atom stereocenters. The molecule has 2 aromatic rings. The maximum Gasteiger partial charge on any atom is 0.257 e. The minimum absolute atomic E-state index is 0.00341. The molecule has 0 fully saturated rings. The second kappa shape index (κ2) is 5.67. The third kappa shape index (κ3) is 2.80. The van der Waals surface area contributed by atoms with E-state index in [1.165, 1.54) is 11.8 Å². The van der Waals surface area contributed by atoms with E-state index in [2.05, 4.69) is 9.71 Å². The first-order valence-electron chi connectivity index (χ1n) is 7.23. The average molecular weight is 363 g/mol. The van der Waals surface area contributed by atoms with Crippen molar-refractivity contribution in [1.82, 2.24) is 5.32 Å². The fourth-order valence-electron chi connectivity index (χ4n) is 2.55. The number of thioether (sulfide) groups is 1. The summed E-state index contributed by atoms with van der Waals surface area (Å²) >= 11 is 1.27. The van der Waals surface area contributed by atoms with Gasteiger partial charge in [-0.2, -0.15) is 0 Å². The zero-order chi connectivity index (χ0) is 16.7. The van der Waals surface area contributed by atoms with Crippen LogP contribution in [-0.2, 0) is 16.6 Å². The van der Waals surface area contributed by atoms with Gasteiger partial charge < -0.3 is 14.6 Å². The van der Waals surface area contributed by atoms with Gasteiger partial charge in [0.05, 0.1) is 24.0 Å². The number of rotatable bonds is 3. The van der Waals surface area contributed by atoms with Crippen molar-refractivity contribution in [2.24, 2.45) is 4.40 Å². The summed E-state index contributed by atoms with van der Waals surface area (Å²) in [5.74, 6) is -0.192. The Bertz CT molecular complexity index is 936. The van der Waals surface area contributed by atoms with E-state index < -0.39 is 10.0 Å². The molecule has 0 saturated heterocycles. The van der Waals surface area contributed by atoms with Crippen molar-refractivity contribution in [3.05, 3.63) is 47.9 Å². The number of amides is 1. The van der Waals surface area contributed by atoms with E-state index in [0.717, 1.165) is 16.1 Å². The Morgan fingerprint density at radius 3 is 3.04 bits per heavy atom. The molecule has 0 radical (unpaired) electrons. The predicted octanol–water partition coefficient (Wildman–Crippen LogP) is 1.82. The normalized spacial score (nSPS) is 17.8. The molecule has 24 heavy (non-hydrogen) atoms. The van der Waals surface area contributed by atoms with Crippen molar-refractivity contribution in [3.63, 3.8) is 0 Å². The molecule has 0 bridgehead atoms. The lowest BCUT2D eigenvalue weighted by Crippen LogP contribution is -2.35. The van der Waals surface area contributed by atoms with E-state index >= 15 is 0 Å². The number of nitrogens with one attached hydrogen (secondary N) is 1. The number of anilines is 1. The lowest BCUT2D eigenvalue weighted by Gasteiger charge is -2.22. The van der Waals surface area contributed by atoms with E-state index in [9.17, 15) is 13.2 Å². The summed E-state index contributed by atoms with van der Waals surface area (Å²) in [7, 11) is -3.38. The number of furan rings is 1. The SMILES string of the molecule is O=C(NCc1ccoc1)c1ccc2c(c1)SC1=NS(=O)(=O)CCN12. The number of carbonyl (C=O) groups excluding carboxylic acids is 1. The fraction of sp³-hybridized carbons (Fsp3) is 0.200. The van der Waals surface area contributed by atoms with Gasteiger partial charge >= 0.3 is 0 Å². The molecule has 2 aliphatic rings. The second-order valence-corrected chi connectivity index (χ2v) is 8.17. The van der Waals surface area contributed by atoms with Crippen LogP contribution < -0.4 is 10.2 Å². The number of carbonyl (C=O) groups is 1. The standard InChI is InChI=1S/C15H13N3O4S2/c19-14(16-8-10-3-5-22-9-10)11-1-2-12-13(7-11)23-15-17-24(20,21)6-4-18(12)15/h1-3,5,7,9H,4,6,8H2,(H,16,19). The van der Waals surface area contributed by atoms with Crippen LogP contribution in [0.3, 0.4) is 0 Å². The molecular weight excluding hydrogens is 350 g/mol. The van der Waals surface area contributed by atoms with E-state index in [4.69, 9.17) is 4.42 Å². The number of fused-ring (bicyclic) bond motifs is 3. The van der Waals surface area contributed by atoms with Gasteiger partial charge in [-0.05, 0) is 36.0 Å². The Kier molecular flexibility index (Phi) is 3.61. The maximum absolute atomic E-state index is 12.3. The van der Waals surface area contributed by atoms with Gasteiger partial charge in [-0.25, -0.2) is 8.42 Å². The van der Waals surface area contributed by atoms with Gasteiger partial charge in [0, 0.05) is 29.1 Å². The van der Waals surface area contributed by atoms with Crippen molar-refractivity contribution in [1.29, 1.82) is 0 Å². The molecule has 124 valence electrons. The summed E-state index contributed by atoms with van der Waals surface area (Å²) in [5, 5.41) is 3.27. The van der Waals surface area contributed by atoms with E-state index in [1.807, 2.05) is 11.0 Å². The van der Waals surface area contributed by atoms with Gasteiger partial charge in [0.15, 0.2) is 5.17 Å². The highest BCUT2D eigenvalue weighted by molar-refractivity contribution is 8.15. The van der Waals surface area contributed by atoms with Crippen molar-refractivity contribution >= 4 is 38.5 Å². The molecule has 3 heterocycles. The molecule has 0 spiro atoms. The first-order valence-corrected chi connectivity index (χ1v) is 9.66. The van der Waals surface area contributed by atoms with Crippen LogP contribution in [0.5, 0.6) is 0 Å². The van der Waals surface area contributed by atoms with Crippen LogP contribution in [0, 0.1) is 0 Å². The van der Waals surface area contributed by atoms with Crippen LogP contribution >= 0.6 is 11.8 Å². The highest BCUT2D eigenvalue weighted by Crippen LogP contribution is 2.42. The van der Waals surface area contributed by atoms with Gasteiger partial charge in [-0.15, -0.1) is 4.40 Å². The number of hydrogen-bond acceptors (Lipinski definition) is 6. The Morgan fingerprint density at radius 2 is 2.25 bits per heavy atom. The Balaban J connectivity index is 1.54. The summed E-state index contributed by atoms with van der Waals surface area (Å²) in [4.78, 5) is 15.0. The molecule has 0 saturated carbocycles. The lowest BCUT2D eigenvalue weighted by molar-refractivity contribution is 0.0950. The van der Waals surface area contributed by atoms with Crippen molar-refractivity contribution in [2.75, 3.05) is 17.2 Å². The number of amidine groups is 1. The molecule has 1 N–H and O–H groups in total. The first-order chi connectivity index (χ1) is 11.5. The maximum atomic E-state index is 12.3. The summed E-state index contributed by atoms with van der Waals surface area (Å²) in [6, 6.07) is 7.11. The van der Waals surface area contributed by atoms with E-state index in [0.29, 0.717) is 23.8 Å². The highest BCUT2D eigenvalue weighted by atomic mass is 32.2. The first kappa shape index (κ1) is 15.3. The second-order valence-electron chi connectivity index (χ2n) is 5.41. The third-order valence-corrected chi connectivity index (χ3v) is 6.07. The largest absolute Gasteiger partial charge is 0.472 e. The Labute approximate surface area is 142 Å². The topological polar surface area (TPSA) is 92.0 Å². The Hall–Kier alpha value is -2.26. The molecule has 1 aromatic heterocycles. The van der Waals surface area contributed by atoms with Crippen LogP contribution in [0.25, 0.3) is 0 Å². The quantitative estimate of drug-likeness (QED) is 0.894. The van der Waals surface area contributed by atoms with Crippen LogP contribution in [0.1, 0.15) is 15.9 Å². The third-order valence-electron chi connectivity index (χ3n) is 3.77. The summed E-state index contributed by atoms with van der Waals surface area (Å²) in [6.07, 6.45) is 3.13. The zero-order valence-electron chi connectivity index (χ0n) is 12.4. The van der Waals surface area contributed by atoms with Gasteiger partial charge in [-0.3, -0.25) is 4.79 Å². The minimum atomic E-state index is -3.38. The van der Waals surface area contributed by atoms with Crippen molar-refractivity contribution in [3.8, 4) is 0 Å². The molecule has 0 aliphatic carbocycles. The van der Waals surface area contributed by atoms with Crippen LogP contribution in [-0.4, -0.2) is 31.8 Å². The number of benzene rings is 1. The molecule has 4 rings (SSSR count). The summed E-state index contributed by atoms with van der Waals surface area (Å²) in [6.45, 7) is 0.768. The van der Waals surface area contributed by atoms with Crippen molar-refractivity contribution < 1.29 is 17.6 Å². The summed E-state index contributed by atoms with van der Waals surface area (Å²) in [5.41, 5.74) is 2.30. The van der Waals surface area contributed by atoms with Gasteiger partial charge in [0.1, 0.15) is 0 Å². The minimum Gasteiger partial charge on any atom is -0.472 e. The van der Waals surface area contributed by atoms with E-state index in [1.54, 1.807) is 30.7 Å². The molecule has 1 amide bonds. The van der Waals surface area contributed by atoms with Crippen LogP contribution in [0.2, 0.25) is 0 Å². The van der Waals surface area contributed by atoms with Crippen LogP contribution in [0.15, 0.2) is 50.5 Å². The molecule has 7 nitrogen and oxygen atoms in total. The zero-order valence-corrected chi connectivity index (χ0v) is 14.1. The average Bonchev–Trinajstić information content (AvgIpc) is 3.17. The molecule has 9 heteroatoms. The summed E-state index contributed by atoms with van der Waals surface area (Å²) < 4.78 is 32.0. The van der Waals surface area contributed by atoms with Crippen LogP contribution in [0.4, 0.5) is 5.69 Å². The number of sulfonamides is 1. The fourth-order valence-corrected chi connectivity index (χ4v) is 4.85. The van der Waals surface area contributed by atoms with E-state index in [-0.39, 0.29) is 11.7 Å². The number of nitrogens with zero attached hydrogens (tertiary/aromatic N) is 2. The van der Waals surface area contributed by atoms with Crippen molar-refractivity contribution in [2.45, 2.75) is 11.4 Å².